The Balaban J connectivity index is 1.16. The molecule has 0 aliphatic heterocycles. The van der Waals surface area contributed by atoms with E-state index >= 15 is 0 Å². The zero-order valence-electron chi connectivity index (χ0n) is 28.8. The van der Waals surface area contributed by atoms with Crippen molar-refractivity contribution in [3.8, 4) is 0 Å². The zero-order valence-corrected chi connectivity index (χ0v) is 31.9. The van der Waals surface area contributed by atoms with Crippen LogP contribution >= 0.6 is 46.3 Å². The summed E-state index contributed by atoms with van der Waals surface area (Å²) in [5.41, 5.74) is 3.83. The van der Waals surface area contributed by atoms with Crippen molar-refractivity contribution in [2.24, 2.45) is 0 Å². The molecule has 0 bridgehead atoms. The van der Waals surface area contributed by atoms with Crippen molar-refractivity contribution >= 4 is 86.8 Å². The second kappa shape index (κ2) is 17.3. The first-order chi connectivity index (χ1) is 25.6. The molecule has 2 atom stereocenters. The number of thioether (sulfide) groups is 1. The lowest BCUT2D eigenvalue weighted by atomic mass is 9.83. The van der Waals surface area contributed by atoms with Crippen LogP contribution in [0.3, 0.4) is 0 Å². The number of nitrogens with one attached hydrogen (secondary N) is 3. The molecule has 12 heteroatoms. The molecular formula is C41H35Cl2N3O5S2. The Morgan fingerprint density at radius 1 is 0.906 bits per heavy atom. The third kappa shape index (κ3) is 9.20. The number of methoxy groups -OCH3 is 1. The van der Waals surface area contributed by atoms with Gasteiger partial charge < -0.3 is 20.7 Å². The summed E-state index contributed by atoms with van der Waals surface area (Å²) in [7, 11) is 1.35. The molecule has 0 saturated heterocycles. The number of esters is 1. The third-order valence-corrected chi connectivity index (χ3v) is 11.8. The lowest BCUT2D eigenvalue weighted by molar-refractivity contribution is -0.115. The van der Waals surface area contributed by atoms with Crippen molar-refractivity contribution in [3.63, 3.8) is 0 Å². The van der Waals surface area contributed by atoms with E-state index in [0.29, 0.717) is 49.6 Å². The van der Waals surface area contributed by atoms with E-state index in [0.717, 1.165) is 23.3 Å². The van der Waals surface area contributed by atoms with Gasteiger partial charge in [0.25, 0.3) is 11.8 Å². The maximum absolute atomic E-state index is 13.6. The van der Waals surface area contributed by atoms with Crippen molar-refractivity contribution in [2.75, 3.05) is 17.7 Å². The van der Waals surface area contributed by atoms with Crippen LogP contribution in [-0.4, -0.2) is 36.1 Å². The molecule has 4 aromatic carbocycles. The first-order valence-corrected chi connectivity index (χ1v) is 19.2. The van der Waals surface area contributed by atoms with Crippen LogP contribution in [0.4, 0.5) is 10.7 Å². The van der Waals surface area contributed by atoms with Crippen molar-refractivity contribution in [2.45, 2.75) is 42.2 Å². The summed E-state index contributed by atoms with van der Waals surface area (Å²) < 4.78 is 5.14. The smallest absolute Gasteiger partial charge is 0.341 e. The van der Waals surface area contributed by atoms with E-state index in [1.165, 1.54) is 41.8 Å². The largest absolute Gasteiger partial charge is 0.465 e. The monoisotopic (exact) mass is 783 g/mol. The van der Waals surface area contributed by atoms with E-state index in [4.69, 9.17) is 27.9 Å². The van der Waals surface area contributed by atoms with E-state index in [-0.39, 0.29) is 16.6 Å². The van der Waals surface area contributed by atoms with E-state index in [1.807, 2.05) is 24.3 Å². The summed E-state index contributed by atoms with van der Waals surface area (Å²) in [6.45, 7) is 1.77. The van der Waals surface area contributed by atoms with Gasteiger partial charge in [0.05, 0.1) is 28.0 Å². The first kappa shape index (κ1) is 37.9. The molecule has 1 aromatic heterocycles. The average molecular weight is 785 g/mol. The van der Waals surface area contributed by atoms with E-state index in [9.17, 15) is 19.2 Å². The van der Waals surface area contributed by atoms with Crippen LogP contribution in [0.1, 0.15) is 61.5 Å². The summed E-state index contributed by atoms with van der Waals surface area (Å²) in [5.74, 6) is -1.48. The molecule has 0 saturated carbocycles. The second-order valence-electron chi connectivity index (χ2n) is 12.3. The minimum Gasteiger partial charge on any atom is -0.465 e. The molecule has 2 unspecified atom stereocenters. The maximum Gasteiger partial charge on any atom is 0.341 e. The molecule has 0 radical (unpaired) electrons. The molecule has 6 rings (SSSR count). The lowest BCUT2D eigenvalue weighted by Crippen LogP contribution is -2.30. The van der Waals surface area contributed by atoms with Crippen LogP contribution in [0.15, 0.2) is 114 Å². The number of amides is 3. The highest BCUT2D eigenvalue weighted by Gasteiger charge is 2.31. The Bertz CT molecular complexity index is 2190. The van der Waals surface area contributed by atoms with Crippen molar-refractivity contribution in [1.29, 1.82) is 0 Å². The highest BCUT2D eigenvalue weighted by atomic mass is 35.5. The molecular weight excluding hydrogens is 750 g/mol. The predicted molar refractivity (Wildman–Crippen MR) is 214 cm³/mol. The normalized spacial score (nSPS) is 14.4. The van der Waals surface area contributed by atoms with Crippen molar-refractivity contribution in [3.05, 3.63) is 152 Å². The number of halogens is 2. The van der Waals surface area contributed by atoms with E-state index in [1.54, 1.807) is 73.7 Å². The third-order valence-electron chi connectivity index (χ3n) is 8.75. The molecule has 3 amide bonds. The summed E-state index contributed by atoms with van der Waals surface area (Å²) in [6.07, 6.45) is 3.86. The minimum absolute atomic E-state index is 0.0519. The molecule has 1 aliphatic rings. The fourth-order valence-electron chi connectivity index (χ4n) is 6.05. The van der Waals surface area contributed by atoms with Gasteiger partial charge in [-0.2, -0.15) is 0 Å². The predicted octanol–water partition coefficient (Wildman–Crippen LogP) is 9.64. The van der Waals surface area contributed by atoms with Crippen molar-refractivity contribution in [1.82, 2.24) is 5.32 Å². The summed E-state index contributed by atoms with van der Waals surface area (Å²) in [4.78, 5) is 55.0. The molecule has 5 aromatic rings. The van der Waals surface area contributed by atoms with E-state index < -0.39 is 23.0 Å². The number of fused-ring (bicyclic) bond motifs is 1. The number of rotatable bonds is 11. The number of carbonyl (C=O) groups excluding carboxylic acids is 4. The van der Waals surface area contributed by atoms with Gasteiger partial charge in [0.15, 0.2) is 0 Å². The number of anilines is 2. The van der Waals surface area contributed by atoms with Gasteiger partial charge in [-0.25, -0.2) is 4.79 Å². The van der Waals surface area contributed by atoms with Crippen LogP contribution in [0, 0.1) is 0 Å². The Morgan fingerprint density at radius 3 is 2.36 bits per heavy atom. The van der Waals surface area contributed by atoms with Crippen LogP contribution in [0.5, 0.6) is 0 Å². The molecule has 3 N–H and O–H groups in total. The number of hydrogen-bond acceptors (Lipinski definition) is 7. The number of thiophene rings is 1. The fraction of sp³-hybridized carbons (Fsp3) is 0.171. The topological polar surface area (TPSA) is 114 Å². The van der Waals surface area contributed by atoms with Gasteiger partial charge in [-0.3, -0.25) is 14.4 Å². The number of hydrogen-bond donors (Lipinski definition) is 3. The quantitative estimate of drug-likeness (QED) is 0.0699. The Labute approximate surface area is 325 Å². The zero-order chi connectivity index (χ0) is 37.5. The second-order valence-corrected chi connectivity index (χ2v) is 15.6. The molecule has 1 heterocycles. The van der Waals surface area contributed by atoms with Gasteiger partial charge in [0, 0.05) is 21.0 Å². The van der Waals surface area contributed by atoms with Crippen LogP contribution in [0.2, 0.25) is 10.0 Å². The number of ether oxygens (including phenoxy) is 1. The molecule has 1 aliphatic carbocycles. The highest BCUT2D eigenvalue weighted by Crippen LogP contribution is 2.43. The minimum atomic E-state index is -0.593. The van der Waals surface area contributed by atoms with Crippen molar-refractivity contribution < 1.29 is 23.9 Å². The van der Waals surface area contributed by atoms with Gasteiger partial charge in [-0.05, 0) is 91.3 Å². The fourth-order valence-corrected chi connectivity index (χ4v) is 8.66. The summed E-state index contributed by atoms with van der Waals surface area (Å²) in [6, 6.07) is 30.9. The number of carbonyl (C=O) groups is 4. The van der Waals surface area contributed by atoms with Gasteiger partial charge in [0.2, 0.25) is 5.91 Å². The number of benzene rings is 4. The maximum atomic E-state index is 13.6. The van der Waals surface area contributed by atoms with Gasteiger partial charge >= 0.3 is 5.97 Å². The molecule has 8 nitrogen and oxygen atoms in total. The first-order valence-electron chi connectivity index (χ1n) is 16.8. The average Bonchev–Trinajstić information content (AvgIpc) is 3.53. The van der Waals surface area contributed by atoms with Crippen LogP contribution in [0.25, 0.3) is 6.08 Å². The highest BCUT2D eigenvalue weighted by molar-refractivity contribution is 8.00. The summed E-state index contributed by atoms with van der Waals surface area (Å²) in [5, 5.41) is 9.01. The molecule has 0 fully saturated rings. The van der Waals surface area contributed by atoms with Gasteiger partial charge in [-0.15, -0.1) is 23.1 Å². The molecule has 270 valence electrons. The van der Waals surface area contributed by atoms with Crippen LogP contribution in [-0.2, 0) is 27.2 Å². The standard InChI is InChI=1S/C41H35Cl2N3O5S2/c1-24(37(47)46-40-35(41(50)51-2)31-20-19-27(22-34(31)53-40)25-11-5-3-6-12-25)52-30-17-10-16-29(23-30)44-39(49)33(21-28-15-9-18-32(42)36(28)43)45-38(48)26-13-7-4-8-14-26/h3-18,21,23-24,27H,19-20,22H2,1-2H3,(H,44,49)(H,45,48)(H,46,47)/b33-21+. The van der Waals surface area contributed by atoms with Gasteiger partial charge in [0.1, 0.15) is 10.7 Å². The molecule has 0 spiro atoms. The van der Waals surface area contributed by atoms with Crippen LogP contribution < -0.4 is 16.0 Å². The molecule has 53 heavy (non-hydrogen) atoms. The van der Waals surface area contributed by atoms with Gasteiger partial charge in [-0.1, -0.05) is 89.9 Å². The van der Waals surface area contributed by atoms with E-state index in [2.05, 4.69) is 28.1 Å². The lowest BCUT2D eigenvalue weighted by Gasteiger charge is -2.22. The SMILES string of the molecule is COC(=O)c1c(NC(=O)C(C)Sc2cccc(NC(=O)/C(=C\c3cccc(Cl)c3Cl)NC(=O)c3ccccc3)c2)sc2c1CCC(c1ccccc1)C2. The Kier molecular flexibility index (Phi) is 12.4. The Hall–Kier alpha value is -4.87. The summed E-state index contributed by atoms with van der Waals surface area (Å²) >= 11 is 15.4. The Morgan fingerprint density at radius 2 is 1.62 bits per heavy atom.